The molecule has 0 unspecified atom stereocenters. The van der Waals surface area contributed by atoms with E-state index in [2.05, 4.69) is 15.3 Å². The number of ether oxygens (including phenoxy) is 2. The number of carbonyl (C=O) groups excluding carboxylic acids is 1. The molecule has 2 N–H and O–H groups in total. The number of phenolic OH excluding ortho intramolecular Hbond substituents is 1. The SMILES string of the molecule is COc1cc(/C(C)=N\NC(=O)c2ccc(O)cc2)ccc1OC(F)F. The highest BCUT2D eigenvalue weighted by Crippen LogP contribution is 2.29. The molecule has 0 atom stereocenters. The van der Waals surface area contributed by atoms with Crippen molar-refractivity contribution in [1.29, 1.82) is 0 Å². The van der Waals surface area contributed by atoms with Crippen LogP contribution in [0.3, 0.4) is 0 Å². The average Bonchev–Trinajstić information content (AvgIpc) is 2.59. The monoisotopic (exact) mass is 350 g/mol. The number of methoxy groups -OCH3 is 1. The summed E-state index contributed by atoms with van der Waals surface area (Å²) in [6, 6.07) is 10.0. The van der Waals surface area contributed by atoms with Crippen LogP contribution < -0.4 is 14.9 Å². The Labute approximate surface area is 142 Å². The number of carbonyl (C=O) groups is 1. The lowest BCUT2D eigenvalue weighted by atomic mass is 10.1. The zero-order chi connectivity index (χ0) is 18.4. The van der Waals surface area contributed by atoms with Crippen molar-refractivity contribution in [3.63, 3.8) is 0 Å². The van der Waals surface area contributed by atoms with E-state index in [9.17, 15) is 18.7 Å². The maximum atomic E-state index is 12.3. The van der Waals surface area contributed by atoms with Crippen LogP contribution in [-0.4, -0.2) is 30.4 Å². The van der Waals surface area contributed by atoms with Gasteiger partial charge in [0.25, 0.3) is 5.91 Å². The molecule has 6 nitrogen and oxygen atoms in total. The van der Waals surface area contributed by atoms with Crippen molar-refractivity contribution in [2.45, 2.75) is 13.5 Å². The van der Waals surface area contributed by atoms with Crippen molar-refractivity contribution in [3.8, 4) is 17.2 Å². The molecule has 0 aromatic heterocycles. The van der Waals surface area contributed by atoms with Crippen LogP contribution in [0.1, 0.15) is 22.8 Å². The van der Waals surface area contributed by atoms with E-state index in [1.165, 1.54) is 49.6 Å². The Balaban J connectivity index is 2.13. The van der Waals surface area contributed by atoms with Crippen LogP contribution in [0, 0.1) is 0 Å². The van der Waals surface area contributed by atoms with E-state index in [4.69, 9.17) is 4.74 Å². The third kappa shape index (κ3) is 4.90. The van der Waals surface area contributed by atoms with Gasteiger partial charge in [0.05, 0.1) is 12.8 Å². The Morgan fingerprint density at radius 2 is 1.76 bits per heavy atom. The lowest BCUT2D eigenvalue weighted by Crippen LogP contribution is -2.19. The van der Waals surface area contributed by atoms with E-state index in [0.717, 1.165) is 0 Å². The number of amides is 1. The highest BCUT2D eigenvalue weighted by Gasteiger charge is 2.12. The minimum Gasteiger partial charge on any atom is -0.508 e. The van der Waals surface area contributed by atoms with Crippen molar-refractivity contribution in [2.75, 3.05) is 7.11 Å². The molecular weight excluding hydrogens is 334 g/mol. The van der Waals surface area contributed by atoms with E-state index in [0.29, 0.717) is 16.8 Å². The summed E-state index contributed by atoms with van der Waals surface area (Å²) in [5.41, 5.74) is 3.70. The van der Waals surface area contributed by atoms with Crippen molar-refractivity contribution in [1.82, 2.24) is 5.43 Å². The predicted octanol–water partition coefficient (Wildman–Crippen LogP) is 3.16. The Morgan fingerprint density at radius 1 is 1.12 bits per heavy atom. The first kappa shape index (κ1) is 18.2. The molecule has 1 amide bonds. The molecule has 0 aliphatic rings. The van der Waals surface area contributed by atoms with Crippen LogP contribution in [0.25, 0.3) is 0 Å². The average molecular weight is 350 g/mol. The van der Waals surface area contributed by atoms with Crippen molar-refractivity contribution in [2.24, 2.45) is 5.10 Å². The molecular formula is C17H16F2N2O4. The summed E-state index contributed by atoms with van der Waals surface area (Å²) in [6.07, 6.45) is 0. The second-order valence-corrected chi connectivity index (χ2v) is 4.93. The number of hydrazone groups is 1. The van der Waals surface area contributed by atoms with Crippen LogP contribution >= 0.6 is 0 Å². The minimum absolute atomic E-state index is 0.0504. The van der Waals surface area contributed by atoms with Crippen LogP contribution in [0.2, 0.25) is 0 Å². The number of halogens is 2. The molecule has 0 saturated heterocycles. The summed E-state index contributed by atoms with van der Waals surface area (Å²) >= 11 is 0. The fraction of sp³-hybridized carbons (Fsp3) is 0.176. The molecule has 0 radical (unpaired) electrons. The minimum atomic E-state index is -2.96. The molecule has 2 aromatic carbocycles. The predicted molar refractivity (Wildman–Crippen MR) is 87.4 cm³/mol. The number of nitrogens with one attached hydrogen (secondary N) is 1. The first-order valence-electron chi connectivity index (χ1n) is 7.17. The maximum Gasteiger partial charge on any atom is 0.387 e. The molecule has 132 valence electrons. The Hall–Kier alpha value is -3.16. The maximum absolute atomic E-state index is 12.3. The van der Waals surface area contributed by atoms with Gasteiger partial charge in [0.2, 0.25) is 0 Å². The zero-order valence-electron chi connectivity index (χ0n) is 13.5. The van der Waals surface area contributed by atoms with E-state index >= 15 is 0 Å². The summed E-state index contributed by atoms with van der Waals surface area (Å²) in [6.45, 7) is -1.32. The number of aromatic hydroxyl groups is 1. The van der Waals surface area contributed by atoms with Gasteiger partial charge in [0, 0.05) is 11.1 Å². The number of nitrogens with zero attached hydrogens (tertiary/aromatic N) is 1. The third-order valence-electron chi connectivity index (χ3n) is 3.25. The molecule has 0 spiro atoms. The van der Waals surface area contributed by atoms with Gasteiger partial charge in [-0.2, -0.15) is 13.9 Å². The normalized spacial score (nSPS) is 11.3. The summed E-state index contributed by atoms with van der Waals surface area (Å²) in [5, 5.41) is 13.2. The first-order chi connectivity index (χ1) is 11.9. The van der Waals surface area contributed by atoms with Crippen molar-refractivity contribution in [3.05, 3.63) is 53.6 Å². The largest absolute Gasteiger partial charge is 0.508 e. The fourth-order valence-corrected chi connectivity index (χ4v) is 1.96. The van der Waals surface area contributed by atoms with Gasteiger partial charge in [-0.15, -0.1) is 0 Å². The van der Waals surface area contributed by atoms with Gasteiger partial charge in [-0.3, -0.25) is 4.79 Å². The van der Waals surface area contributed by atoms with Gasteiger partial charge in [-0.05, 0) is 49.4 Å². The molecule has 0 bridgehead atoms. The molecule has 2 aromatic rings. The highest BCUT2D eigenvalue weighted by molar-refractivity contribution is 6.01. The van der Waals surface area contributed by atoms with Crippen LogP contribution in [0.5, 0.6) is 17.2 Å². The molecule has 8 heteroatoms. The second kappa shape index (κ2) is 8.09. The van der Waals surface area contributed by atoms with E-state index < -0.39 is 12.5 Å². The topological polar surface area (TPSA) is 80.2 Å². The fourth-order valence-electron chi connectivity index (χ4n) is 1.96. The van der Waals surface area contributed by atoms with E-state index in [1.807, 2.05) is 0 Å². The highest BCUT2D eigenvalue weighted by atomic mass is 19.3. The smallest absolute Gasteiger partial charge is 0.387 e. The van der Waals surface area contributed by atoms with Crippen molar-refractivity contribution < 1.29 is 28.2 Å². The number of alkyl halides is 2. The van der Waals surface area contributed by atoms with Gasteiger partial charge in [0.1, 0.15) is 5.75 Å². The number of benzene rings is 2. The van der Waals surface area contributed by atoms with E-state index in [1.54, 1.807) is 6.92 Å². The van der Waals surface area contributed by atoms with Gasteiger partial charge in [-0.1, -0.05) is 0 Å². The molecule has 0 saturated carbocycles. The standard InChI is InChI=1S/C17H16F2N2O4/c1-10(20-21-16(23)11-3-6-13(22)7-4-11)12-5-8-14(25-17(18)19)15(9-12)24-2/h3-9,17,22H,1-2H3,(H,21,23)/b20-10-. The van der Waals surface area contributed by atoms with Gasteiger partial charge >= 0.3 is 6.61 Å². The summed E-state index contributed by atoms with van der Waals surface area (Å²) < 4.78 is 34.0. The molecule has 0 aliphatic carbocycles. The number of rotatable bonds is 6. The second-order valence-electron chi connectivity index (χ2n) is 4.93. The Morgan fingerprint density at radius 3 is 2.36 bits per heavy atom. The number of hydrogen-bond acceptors (Lipinski definition) is 5. The van der Waals surface area contributed by atoms with Crippen LogP contribution in [0.15, 0.2) is 47.6 Å². The van der Waals surface area contributed by atoms with Gasteiger partial charge in [0.15, 0.2) is 11.5 Å². The lowest BCUT2D eigenvalue weighted by Gasteiger charge is -2.11. The lowest BCUT2D eigenvalue weighted by molar-refractivity contribution is -0.0512. The first-order valence-corrected chi connectivity index (χ1v) is 7.17. The summed E-state index contributed by atoms with van der Waals surface area (Å²) in [4.78, 5) is 12.0. The van der Waals surface area contributed by atoms with Crippen LogP contribution in [-0.2, 0) is 0 Å². The quantitative estimate of drug-likeness (QED) is 0.619. The van der Waals surface area contributed by atoms with Gasteiger partial charge < -0.3 is 14.6 Å². The zero-order valence-corrected chi connectivity index (χ0v) is 13.5. The van der Waals surface area contributed by atoms with Crippen molar-refractivity contribution >= 4 is 11.6 Å². The molecule has 25 heavy (non-hydrogen) atoms. The van der Waals surface area contributed by atoms with Gasteiger partial charge in [-0.25, -0.2) is 5.43 Å². The summed E-state index contributed by atoms with van der Waals surface area (Å²) in [5.74, 6) is -0.377. The number of hydrogen-bond donors (Lipinski definition) is 2. The molecule has 0 fully saturated rings. The Kier molecular flexibility index (Phi) is 5.89. The molecule has 0 aliphatic heterocycles. The molecule has 0 heterocycles. The number of phenols is 1. The van der Waals surface area contributed by atoms with E-state index in [-0.39, 0.29) is 17.2 Å². The summed E-state index contributed by atoms with van der Waals surface area (Å²) in [7, 11) is 1.33. The molecule has 2 rings (SSSR count). The third-order valence-corrected chi connectivity index (χ3v) is 3.25. The Bertz CT molecular complexity index is 777. The van der Waals surface area contributed by atoms with Crippen LogP contribution in [0.4, 0.5) is 8.78 Å².